The fraction of sp³-hybridized carbons (Fsp3) is 0.333. The van der Waals surface area contributed by atoms with Crippen LogP contribution in [0.4, 0.5) is 8.78 Å². The molecule has 34 heavy (non-hydrogen) atoms. The van der Waals surface area contributed by atoms with E-state index in [0.29, 0.717) is 17.0 Å². The van der Waals surface area contributed by atoms with Crippen LogP contribution >= 0.6 is 11.3 Å². The third-order valence-corrected chi connectivity index (χ3v) is 6.15. The zero-order chi connectivity index (χ0) is 24.1. The summed E-state index contributed by atoms with van der Waals surface area (Å²) in [7, 11) is 0. The highest BCUT2D eigenvalue weighted by atomic mass is 32.1. The zero-order valence-corrected chi connectivity index (χ0v) is 19.8. The van der Waals surface area contributed by atoms with Crippen LogP contribution < -0.4 is 5.32 Å². The number of halogens is 2. The standard InChI is InChI=1S/C21H18F2N6OS.C3H8/c22-19(23)16-11-31-21(27-16)14-9-24-28-18(14)20(30)25-13-6-7-29-10-15(26-17(29)8-13)12-4-2-1-3-5-12;1-3-2/h1-5,9-11,13,19H,6-8H2,(H,24,28)(H,25,30);3H2,1-2H3. The van der Waals surface area contributed by atoms with Gasteiger partial charge in [-0.2, -0.15) is 5.10 Å². The molecule has 1 aliphatic heterocycles. The predicted molar refractivity (Wildman–Crippen MR) is 128 cm³/mol. The molecule has 0 aliphatic carbocycles. The van der Waals surface area contributed by atoms with E-state index in [4.69, 9.17) is 4.98 Å². The Morgan fingerprint density at radius 3 is 2.74 bits per heavy atom. The lowest BCUT2D eigenvalue weighted by atomic mass is 10.1. The van der Waals surface area contributed by atoms with Gasteiger partial charge in [-0.3, -0.25) is 9.89 Å². The topological polar surface area (TPSA) is 88.5 Å². The average Bonchev–Trinajstić information content (AvgIpc) is 3.58. The number of alkyl halides is 2. The minimum Gasteiger partial charge on any atom is -0.347 e. The fourth-order valence-corrected chi connectivity index (χ4v) is 4.52. The highest BCUT2D eigenvalue weighted by Gasteiger charge is 2.26. The number of fused-ring (bicyclic) bond motifs is 1. The van der Waals surface area contributed by atoms with Crippen LogP contribution in [0.1, 0.15) is 55.1 Å². The molecule has 7 nitrogen and oxygen atoms in total. The second-order valence-corrected chi connectivity index (χ2v) is 8.87. The number of aryl methyl sites for hydroxylation is 1. The van der Waals surface area contributed by atoms with E-state index in [1.54, 1.807) is 0 Å². The van der Waals surface area contributed by atoms with Crippen molar-refractivity contribution in [1.29, 1.82) is 0 Å². The number of nitrogens with zero attached hydrogens (tertiary/aromatic N) is 4. The Hall–Kier alpha value is -3.40. The Bertz CT molecular complexity index is 1230. The van der Waals surface area contributed by atoms with Crippen molar-refractivity contribution in [2.24, 2.45) is 0 Å². The molecule has 5 rings (SSSR count). The molecule has 1 aliphatic rings. The highest BCUT2D eigenvalue weighted by molar-refractivity contribution is 7.13. The van der Waals surface area contributed by atoms with Gasteiger partial charge in [-0.15, -0.1) is 11.3 Å². The molecule has 1 amide bonds. The van der Waals surface area contributed by atoms with Gasteiger partial charge in [0.2, 0.25) is 0 Å². The number of thiazole rings is 1. The number of aromatic nitrogens is 5. The molecule has 0 bridgehead atoms. The van der Waals surface area contributed by atoms with Gasteiger partial charge in [0, 0.05) is 36.1 Å². The fourth-order valence-electron chi connectivity index (χ4n) is 3.69. The number of amides is 1. The van der Waals surface area contributed by atoms with E-state index in [1.165, 1.54) is 18.0 Å². The molecule has 4 heterocycles. The molecule has 178 valence electrons. The van der Waals surface area contributed by atoms with E-state index in [9.17, 15) is 13.6 Å². The first-order chi connectivity index (χ1) is 16.5. The first-order valence-corrected chi connectivity index (χ1v) is 12.1. The summed E-state index contributed by atoms with van der Waals surface area (Å²) in [5.74, 6) is 0.580. The normalized spacial score (nSPS) is 14.9. The Kier molecular flexibility index (Phi) is 7.46. The van der Waals surface area contributed by atoms with Crippen molar-refractivity contribution in [2.45, 2.75) is 52.1 Å². The molecule has 1 aromatic carbocycles. The lowest BCUT2D eigenvalue weighted by Crippen LogP contribution is -2.40. The van der Waals surface area contributed by atoms with E-state index in [-0.39, 0.29) is 23.3 Å². The molecular formula is C24H26F2N6OS. The van der Waals surface area contributed by atoms with E-state index < -0.39 is 6.43 Å². The molecule has 0 radical (unpaired) electrons. The van der Waals surface area contributed by atoms with E-state index in [1.807, 2.05) is 36.5 Å². The van der Waals surface area contributed by atoms with Crippen LogP contribution in [-0.4, -0.2) is 36.7 Å². The van der Waals surface area contributed by atoms with Crippen molar-refractivity contribution in [3.8, 4) is 21.8 Å². The molecule has 1 atom stereocenters. The van der Waals surface area contributed by atoms with E-state index >= 15 is 0 Å². The van der Waals surface area contributed by atoms with Gasteiger partial charge in [-0.25, -0.2) is 18.7 Å². The molecular weight excluding hydrogens is 458 g/mol. The summed E-state index contributed by atoms with van der Waals surface area (Å²) < 4.78 is 27.8. The maximum Gasteiger partial charge on any atom is 0.281 e. The van der Waals surface area contributed by atoms with Crippen molar-refractivity contribution in [3.63, 3.8) is 0 Å². The van der Waals surface area contributed by atoms with E-state index in [2.05, 4.69) is 38.9 Å². The SMILES string of the molecule is CCC.O=C(NC1CCn2cc(-c3ccccc3)nc2C1)c1[nH]ncc1-c1nc(C(F)F)cs1. The Morgan fingerprint density at radius 2 is 2.03 bits per heavy atom. The summed E-state index contributed by atoms with van der Waals surface area (Å²) in [6.07, 6.45) is 3.44. The van der Waals surface area contributed by atoms with Crippen molar-refractivity contribution in [1.82, 2.24) is 30.0 Å². The molecule has 0 fully saturated rings. The number of rotatable bonds is 5. The largest absolute Gasteiger partial charge is 0.347 e. The van der Waals surface area contributed by atoms with Crippen molar-refractivity contribution in [3.05, 3.63) is 65.3 Å². The number of aromatic amines is 1. The lowest BCUT2D eigenvalue weighted by molar-refractivity contribution is 0.0926. The van der Waals surface area contributed by atoms with Crippen LogP contribution in [0, 0.1) is 0 Å². The molecule has 1 unspecified atom stereocenters. The van der Waals surface area contributed by atoms with Gasteiger partial charge >= 0.3 is 0 Å². The average molecular weight is 485 g/mol. The summed E-state index contributed by atoms with van der Waals surface area (Å²) >= 11 is 1.06. The van der Waals surface area contributed by atoms with Crippen LogP contribution in [0.15, 0.2) is 48.1 Å². The number of hydrogen-bond donors (Lipinski definition) is 2. The highest BCUT2D eigenvalue weighted by Crippen LogP contribution is 2.30. The van der Waals surface area contributed by atoms with Crippen LogP contribution in [-0.2, 0) is 13.0 Å². The number of nitrogens with one attached hydrogen (secondary N) is 2. The van der Waals surface area contributed by atoms with Gasteiger partial charge in [-0.1, -0.05) is 50.6 Å². The first-order valence-electron chi connectivity index (χ1n) is 11.2. The van der Waals surface area contributed by atoms with Gasteiger partial charge in [0.1, 0.15) is 22.2 Å². The monoisotopic (exact) mass is 484 g/mol. The number of imidazole rings is 1. The van der Waals surface area contributed by atoms with Gasteiger partial charge in [0.15, 0.2) is 0 Å². The molecule has 4 aromatic rings. The van der Waals surface area contributed by atoms with Gasteiger partial charge in [0.05, 0.1) is 17.5 Å². The summed E-state index contributed by atoms with van der Waals surface area (Å²) in [6.45, 7) is 5.00. The smallest absolute Gasteiger partial charge is 0.281 e. The summed E-state index contributed by atoms with van der Waals surface area (Å²) in [6, 6.07) is 9.87. The van der Waals surface area contributed by atoms with E-state index in [0.717, 1.165) is 41.4 Å². The quantitative estimate of drug-likeness (QED) is 0.392. The van der Waals surface area contributed by atoms with Gasteiger partial charge in [-0.05, 0) is 6.42 Å². The van der Waals surface area contributed by atoms with Gasteiger partial charge < -0.3 is 9.88 Å². The predicted octanol–water partition coefficient (Wildman–Crippen LogP) is 5.50. The molecule has 0 spiro atoms. The van der Waals surface area contributed by atoms with Crippen LogP contribution in [0.25, 0.3) is 21.8 Å². The summed E-state index contributed by atoms with van der Waals surface area (Å²) in [5, 5.41) is 11.2. The number of carbonyl (C=O) groups excluding carboxylic acids is 1. The second-order valence-electron chi connectivity index (χ2n) is 8.01. The van der Waals surface area contributed by atoms with Crippen LogP contribution in [0.2, 0.25) is 0 Å². The van der Waals surface area contributed by atoms with Crippen LogP contribution in [0.3, 0.4) is 0 Å². The number of carbonyl (C=O) groups is 1. The Labute approximate surface area is 200 Å². The third kappa shape index (κ3) is 5.22. The number of hydrogen-bond acceptors (Lipinski definition) is 5. The molecule has 3 aromatic heterocycles. The molecule has 0 saturated heterocycles. The maximum absolute atomic E-state index is 12.9. The molecule has 2 N–H and O–H groups in total. The summed E-state index contributed by atoms with van der Waals surface area (Å²) in [5.41, 5.74) is 2.30. The minimum atomic E-state index is -2.65. The number of H-pyrrole nitrogens is 1. The van der Waals surface area contributed by atoms with Crippen molar-refractivity contribution in [2.75, 3.05) is 0 Å². The molecule has 10 heteroatoms. The van der Waals surface area contributed by atoms with Crippen molar-refractivity contribution >= 4 is 17.2 Å². The number of benzene rings is 1. The lowest BCUT2D eigenvalue weighted by Gasteiger charge is -2.24. The second kappa shape index (κ2) is 10.7. The summed E-state index contributed by atoms with van der Waals surface area (Å²) in [4.78, 5) is 21.5. The minimum absolute atomic E-state index is 0.0879. The first kappa shape index (κ1) is 23.7. The molecule has 0 saturated carbocycles. The Balaban J connectivity index is 0.000000868. The third-order valence-electron chi connectivity index (χ3n) is 5.25. The van der Waals surface area contributed by atoms with Crippen molar-refractivity contribution < 1.29 is 13.6 Å². The van der Waals surface area contributed by atoms with Gasteiger partial charge in [0.25, 0.3) is 12.3 Å². The zero-order valence-electron chi connectivity index (χ0n) is 19.0. The van der Waals surface area contributed by atoms with Crippen LogP contribution in [0.5, 0.6) is 0 Å². The maximum atomic E-state index is 12.9. The Morgan fingerprint density at radius 1 is 1.26 bits per heavy atom.